The Kier molecular flexibility index (Phi) is 11.1. The summed E-state index contributed by atoms with van der Waals surface area (Å²) in [6.45, 7) is 2.42. The molecule has 0 aliphatic carbocycles. The minimum Gasteiger partial charge on any atom is -0.384 e. The van der Waals surface area contributed by atoms with Crippen LogP contribution < -0.4 is 0 Å². The molecule has 7 heteroatoms. The molecule has 1 N–H and O–H groups in total. The Morgan fingerprint density at radius 3 is 1.50 bits per heavy atom. The van der Waals surface area contributed by atoms with Crippen molar-refractivity contribution < 1.29 is 28.2 Å². The second kappa shape index (κ2) is 13.6. The molecule has 0 aliphatic heterocycles. The van der Waals surface area contributed by atoms with Gasteiger partial charge in [0.05, 0.1) is 26.4 Å². The number of aliphatic hydroxyl groups is 1. The molecule has 6 nitrogen and oxygen atoms in total. The zero-order valence-electron chi connectivity index (χ0n) is 16.1. The van der Waals surface area contributed by atoms with E-state index in [2.05, 4.69) is 0 Å². The third-order valence-corrected chi connectivity index (χ3v) is 5.34. The van der Waals surface area contributed by atoms with E-state index < -0.39 is 13.9 Å². The molecule has 0 aliphatic rings. The lowest BCUT2D eigenvalue weighted by Gasteiger charge is -2.16. The van der Waals surface area contributed by atoms with E-state index in [1.165, 1.54) is 0 Å². The van der Waals surface area contributed by atoms with E-state index in [-0.39, 0.29) is 13.2 Å². The summed E-state index contributed by atoms with van der Waals surface area (Å²) in [5, 5.41) is 9.31. The molecular weight excluding hydrogens is 379 g/mol. The molecule has 28 heavy (non-hydrogen) atoms. The zero-order valence-corrected chi connectivity index (χ0v) is 17.0. The molecule has 0 fully saturated rings. The molecule has 2 rings (SSSR count). The van der Waals surface area contributed by atoms with Gasteiger partial charge >= 0.3 is 7.60 Å². The van der Waals surface area contributed by atoms with Crippen molar-refractivity contribution in [2.45, 2.75) is 26.1 Å². The van der Waals surface area contributed by atoms with Gasteiger partial charge in [0.1, 0.15) is 6.35 Å². The summed E-state index contributed by atoms with van der Waals surface area (Å²) in [5.74, 6) is 0. The highest BCUT2D eigenvalue weighted by Crippen LogP contribution is 2.47. The Balaban J connectivity index is 1.50. The Bertz CT molecular complexity index is 624. The van der Waals surface area contributed by atoms with E-state index in [1.54, 1.807) is 0 Å². The lowest BCUT2D eigenvalue weighted by Crippen LogP contribution is -2.06. The topological polar surface area (TPSA) is 74.2 Å². The van der Waals surface area contributed by atoms with Gasteiger partial charge < -0.3 is 23.6 Å². The van der Waals surface area contributed by atoms with Gasteiger partial charge in [-0.25, -0.2) is 0 Å². The van der Waals surface area contributed by atoms with Crippen LogP contribution in [0, 0.1) is 0 Å². The molecule has 0 bridgehead atoms. The predicted molar refractivity (Wildman–Crippen MR) is 108 cm³/mol. The van der Waals surface area contributed by atoms with E-state index in [1.807, 2.05) is 60.7 Å². The minimum atomic E-state index is -3.47. The molecule has 0 aromatic heterocycles. The number of ether oxygens (including phenoxy) is 2. The lowest BCUT2D eigenvalue weighted by molar-refractivity contribution is 0.0921. The standard InChI is InChI=1S/C21H29O6P/c22-19-28(23,26-15-7-13-24-17-20-9-3-1-4-10-20)27-16-8-14-25-18-21-11-5-2-6-12-21/h1-6,9-12,22H,7-8,13-19H2. The number of rotatable bonds is 15. The van der Waals surface area contributed by atoms with Crippen molar-refractivity contribution in [3.63, 3.8) is 0 Å². The van der Waals surface area contributed by atoms with E-state index in [9.17, 15) is 9.67 Å². The summed E-state index contributed by atoms with van der Waals surface area (Å²) < 4.78 is 33.9. The van der Waals surface area contributed by atoms with Crippen LogP contribution in [0.4, 0.5) is 0 Å². The van der Waals surface area contributed by atoms with Gasteiger partial charge in [0.15, 0.2) is 0 Å². The van der Waals surface area contributed by atoms with Crippen LogP contribution in [0.3, 0.4) is 0 Å². The largest absolute Gasteiger partial charge is 0.384 e. The van der Waals surface area contributed by atoms with Crippen LogP contribution in [0.15, 0.2) is 60.7 Å². The van der Waals surface area contributed by atoms with Crippen LogP contribution in [0.25, 0.3) is 0 Å². The Labute approximate surface area is 166 Å². The molecule has 0 unspecified atom stereocenters. The zero-order chi connectivity index (χ0) is 19.9. The number of hydrogen-bond acceptors (Lipinski definition) is 6. The fraction of sp³-hybridized carbons (Fsp3) is 0.429. The number of aliphatic hydroxyl groups excluding tert-OH is 1. The van der Waals surface area contributed by atoms with Gasteiger partial charge in [-0.3, -0.25) is 4.57 Å². The molecule has 2 aromatic carbocycles. The van der Waals surface area contributed by atoms with Crippen molar-refractivity contribution in [1.29, 1.82) is 0 Å². The minimum absolute atomic E-state index is 0.205. The maximum absolute atomic E-state index is 12.3. The third kappa shape index (κ3) is 9.60. The van der Waals surface area contributed by atoms with Gasteiger partial charge in [-0.15, -0.1) is 0 Å². The average molecular weight is 408 g/mol. The van der Waals surface area contributed by atoms with Gasteiger partial charge in [-0.1, -0.05) is 60.7 Å². The van der Waals surface area contributed by atoms with Crippen LogP contribution in [-0.4, -0.2) is 37.9 Å². The van der Waals surface area contributed by atoms with Crippen molar-refractivity contribution >= 4 is 7.60 Å². The average Bonchev–Trinajstić information content (AvgIpc) is 2.74. The van der Waals surface area contributed by atoms with Crippen molar-refractivity contribution in [3.05, 3.63) is 71.8 Å². The van der Waals surface area contributed by atoms with Crippen LogP contribution >= 0.6 is 7.60 Å². The van der Waals surface area contributed by atoms with Gasteiger partial charge in [-0.05, 0) is 24.0 Å². The fourth-order valence-electron chi connectivity index (χ4n) is 2.38. The molecule has 0 atom stereocenters. The van der Waals surface area contributed by atoms with E-state index in [4.69, 9.17) is 18.5 Å². The second-order valence-electron chi connectivity index (χ2n) is 6.20. The van der Waals surface area contributed by atoms with Crippen LogP contribution in [0.1, 0.15) is 24.0 Å². The van der Waals surface area contributed by atoms with Crippen LogP contribution in [-0.2, 0) is 36.3 Å². The highest BCUT2D eigenvalue weighted by molar-refractivity contribution is 7.53. The highest BCUT2D eigenvalue weighted by atomic mass is 31.2. The van der Waals surface area contributed by atoms with Crippen LogP contribution in [0.5, 0.6) is 0 Å². The molecule has 154 valence electrons. The van der Waals surface area contributed by atoms with E-state index in [0.29, 0.717) is 39.3 Å². The summed E-state index contributed by atoms with van der Waals surface area (Å²) in [6.07, 6.45) is 0.503. The first kappa shape index (κ1) is 22.8. The van der Waals surface area contributed by atoms with Gasteiger partial charge in [-0.2, -0.15) is 0 Å². The molecular formula is C21H29O6P. The second-order valence-corrected chi connectivity index (χ2v) is 8.22. The summed E-state index contributed by atoms with van der Waals surface area (Å²) in [7, 11) is -3.47. The quantitative estimate of drug-likeness (QED) is 0.348. The molecule has 0 heterocycles. The van der Waals surface area contributed by atoms with Crippen molar-refractivity contribution in [2.24, 2.45) is 0 Å². The van der Waals surface area contributed by atoms with Gasteiger partial charge in [0, 0.05) is 13.2 Å². The Hall–Kier alpha value is -1.53. The number of hydrogen-bond donors (Lipinski definition) is 1. The summed E-state index contributed by atoms with van der Waals surface area (Å²) in [5.41, 5.74) is 2.20. The Morgan fingerprint density at radius 1 is 0.679 bits per heavy atom. The monoisotopic (exact) mass is 408 g/mol. The maximum Gasteiger partial charge on any atom is 0.355 e. The summed E-state index contributed by atoms with van der Waals surface area (Å²) >= 11 is 0. The van der Waals surface area contributed by atoms with E-state index in [0.717, 1.165) is 11.1 Å². The normalized spacial score (nSPS) is 11.6. The molecule has 0 radical (unpaired) electrons. The van der Waals surface area contributed by atoms with Gasteiger partial charge in [0.2, 0.25) is 0 Å². The first-order valence-electron chi connectivity index (χ1n) is 9.44. The Morgan fingerprint density at radius 2 is 1.11 bits per heavy atom. The summed E-state index contributed by atoms with van der Waals surface area (Å²) in [6, 6.07) is 19.7. The van der Waals surface area contributed by atoms with Crippen molar-refractivity contribution in [3.8, 4) is 0 Å². The highest BCUT2D eigenvalue weighted by Gasteiger charge is 2.22. The van der Waals surface area contributed by atoms with Gasteiger partial charge in [0.25, 0.3) is 0 Å². The lowest BCUT2D eigenvalue weighted by atomic mass is 10.2. The third-order valence-electron chi connectivity index (χ3n) is 3.84. The van der Waals surface area contributed by atoms with Crippen molar-refractivity contribution in [1.82, 2.24) is 0 Å². The van der Waals surface area contributed by atoms with Crippen molar-refractivity contribution in [2.75, 3.05) is 32.8 Å². The number of benzene rings is 2. The summed E-state index contributed by atoms with van der Waals surface area (Å²) in [4.78, 5) is 0. The molecule has 0 amide bonds. The fourth-order valence-corrected chi connectivity index (χ4v) is 3.43. The molecule has 0 spiro atoms. The smallest absolute Gasteiger partial charge is 0.355 e. The molecule has 0 saturated heterocycles. The maximum atomic E-state index is 12.3. The SMILES string of the molecule is O=P(CO)(OCCCOCc1ccccc1)OCCCOCc1ccccc1. The first-order chi connectivity index (χ1) is 13.7. The first-order valence-corrected chi connectivity index (χ1v) is 11.2. The van der Waals surface area contributed by atoms with Crippen LogP contribution in [0.2, 0.25) is 0 Å². The molecule has 0 saturated carbocycles. The molecule has 2 aromatic rings. The van der Waals surface area contributed by atoms with E-state index >= 15 is 0 Å². The predicted octanol–water partition coefficient (Wildman–Crippen LogP) is 4.38.